The fraction of sp³-hybridized carbons (Fsp3) is 0.562. The van der Waals surface area contributed by atoms with E-state index in [0.29, 0.717) is 12.3 Å². The third-order valence-corrected chi connectivity index (χ3v) is 3.86. The molecule has 3 N–H and O–H groups in total. The number of amides is 1. The Morgan fingerprint density at radius 2 is 2.20 bits per heavy atom. The number of carbonyl (C=O) groups is 1. The molecule has 0 radical (unpaired) electrons. The maximum Gasteiger partial charge on any atom is 0.220 e. The van der Waals surface area contributed by atoms with Gasteiger partial charge < -0.3 is 15.7 Å². The third-order valence-electron chi connectivity index (χ3n) is 3.86. The van der Waals surface area contributed by atoms with Gasteiger partial charge >= 0.3 is 0 Å². The van der Waals surface area contributed by atoms with Crippen LogP contribution in [0.5, 0.6) is 0 Å². The first-order chi connectivity index (χ1) is 9.75. The maximum absolute atomic E-state index is 11.8. The number of hydrogen-bond donors (Lipinski definition) is 3. The van der Waals surface area contributed by atoms with Crippen molar-refractivity contribution in [3.8, 4) is 0 Å². The number of piperidine rings is 1. The Balaban J connectivity index is 1.64. The Morgan fingerprint density at radius 3 is 2.90 bits per heavy atom. The van der Waals surface area contributed by atoms with Crippen LogP contribution in [0.25, 0.3) is 0 Å². The summed E-state index contributed by atoms with van der Waals surface area (Å²) in [6, 6.07) is 9.41. The number of nitrogens with one attached hydrogen (secondary N) is 2. The van der Waals surface area contributed by atoms with Gasteiger partial charge in [0.1, 0.15) is 0 Å². The van der Waals surface area contributed by atoms with Gasteiger partial charge in [-0.15, -0.1) is 0 Å². The lowest BCUT2D eigenvalue weighted by atomic mass is 9.94. The van der Waals surface area contributed by atoms with Gasteiger partial charge in [-0.25, -0.2) is 0 Å². The number of aliphatic hydroxyl groups excluding tert-OH is 1. The van der Waals surface area contributed by atoms with Crippen LogP contribution in [0.1, 0.15) is 37.4 Å². The molecule has 1 aliphatic rings. The Kier molecular flexibility index (Phi) is 6.02. The second-order valence-electron chi connectivity index (χ2n) is 5.48. The van der Waals surface area contributed by atoms with Gasteiger partial charge in [-0.2, -0.15) is 0 Å². The summed E-state index contributed by atoms with van der Waals surface area (Å²) in [5, 5.41) is 16.1. The molecule has 4 heteroatoms. The summed E-state index contributed by atoms with van der Waals surface area (Å²) in [5.41, 5.74) is 0.837. The molecule has 2 rings (SSSR count). The molecule has 1 saturated heterocycles. The first-order valence-corrected chi connectivity index (χ1v) is 7.46. The molecular formula is C16H24N2O2. The molecule has 2 atom stereocenters. The van der Waals surface area contributed by atoms with E-state index in [9.17, 15) is 9.90 Å². The molecule has 0 saturated carbocycles. The van der Waals surface area contributed by atoms with Crippen LogP contribution in [-0.2, 0) is 4.79 Å². The minimum Gasteiger partial charge on any atom is -0.387 e. The second-order valence-corrected chi connectivity index (χ2v) is 5.48. The van der Waals surface area contributed by atoms with Crippen LogP contribution in [0.4, 0.5) is 0 Å². The Labute approximate surface area is 120 Å². The monoisotopic (exact) mass is 276 g/mol. The SMILES string of the molecule is O=C(CCC1CCCNC1)NCC(O)c1ccccc1. The van der Waals surface area contributed by atoms with Gasteiger partial charge in [0.05, 0.1) is 6.10 Å². The van der Waals surface area contributed by atoms with Gasteiger partial charge in [-0.1, -0.05) is 30.3 Å². The molecule has 0 spiro atoms. The number of benzene rings is 1. The van der Waals surface area contributed by atoms with Crippen LogP contribution in [0.2, 0.25) is 0 Å². The standard InChI is InChI=1S/C16H24N2O2/c19-15(14-6-2-1-3-7-14)12-18-16(20)9-8-13-5-4-10-17-11-13/h1-3,6-7,13,15,17,19H,4-5,8-12H2,(H,18,20). The van der Waals surface area contributed by atoms with E-state index in [4.69, 9.17) is 0 Å². The van der Waals surface area contributed by atoms with Gasteiger partial charge in [-0.3, -0.25) is 4.79 Å². The normalized spacial score (nSPS) is 20.4. The van der Waals surface area contributed by atoms with Crippen molar-refractivity contribution in [1.29, 1.82) is 0 Å². The molecule has 0 aromatic heterocycles. The van der Waals surface area contributed by atoms with E-state index in [2.05, 4.69) is 10.6 Å². The maximum atomic E-state index is 11.8. The van der Waals surface area contributed by atoms with Gasteiger partial charge in [0.2, 0.25) is 5.91 Å². The number of rotatable bonds is 6. The van der Waals surface area contributed by atoms with E-state index < -0.39 is 6.10 Å². The molecular weight excluding hydrogens is 252 g/mol. The largest absolute Gasteiger partial charge is 0.387 e. The molecule has 110 valence electrons. The van der Waals surface area contributed by atoms with Gasteiger partial charge in [-0.05, 0) is 43.8 Å². The van der Waals surface area contributed by atoms with Crippen molar-refractivity contribution in [2.24, 2.45) is 5.92 Å². The summed E-state index contributed by atoms with van der Waals surface area (Å²) in [5.74, 6) is 0.652. The van der Waals surface area contributed by atoms with E-state index in [1.165, 1.54) is 12.8 Å². The Morgan fingerprint density at radius 1 is 1.40 bits per heavy atom. The Hall–Kier alpha value is -1.39. The molecule has 1 fully saturated rings. The summed E-state index contributed by atoms with van der Waals surface area (Å²) in [4.78, 5) is 11.8. The average Bonchev–Trinajstić information content (AvgIpc) is 2.52. The molecule has 20 heavy (non-hydrogen) atoms. The van der Waals surface area contributed by atoms with E-state index in [1.807, 2.05) is 30.3 Å². The minimum atomic E-state index is -0.628. The van der Waals surface area contributed by atoms with Crippen molar-refractivity contribution < 1.29 is 9.90 Å². The van der Waals surface area contributed by atoms with Crippen LogP contribution in [0.3, 0.4) is 0 Å². The van der Waals surface area contributed by atoms with Crippen molar-refractivity contribution in [3.63, 3.8) is 0 Å². The molecule has 2 unspecified atom stereocenters. The zero-order valence-corrected chi connectivity index (χ0v) is 11.8. The average molecular weight is 276 g/mol. The highest BCUT2D eigenvalue weighted by atomic mass is 16.3. The number of carbonyl (C=O) groups excluding carboxylic acids is 1. The summed E-state index contributed by atoms with van der Waals surface area (Å²) >= 11 is 0. The zero-order valence-electron chi connectivity index (χ0n) is 11.8. The highest BCUT2D eigenvalue weighted by molar-refractivity contribution is 5.75. The lowest BCUT2D eigenvalue weighted by molar-refractivity contribution is -0.121. The van der Waals surface area contributed by atoms with Crippen LogP contribution < -0.4 is 10.6 Å². The Bertz CT molecular complexity index is 402. The van der Waals surface area contributed by atoms with Crippen LogP contribution in [0.15, 0.2) is 30.3 Å². The molecule has 1 heterocycles. The molecule has 0 aliphatic carbocycles. The van der Waals surface area contributed by atoms with E-state index >= 15 is 0 Å². The van der Waals surface area contributed by atoms with Crippen molar-refractivity contribution >= 4 is 5.91 Å². The molecule has 1 amide bonds. The third kappa shape index (κ3) is 4.94. The fourth-order valence-corrected chi connectivity index (χ4v) is 2.60. The van der Waals surface area contributed by atoms with Gasteiger partial charge in [0, 0.05) is 13.0 Å². The summed E-state index contributed by atoms with van der Waals surface area (Å²) in [6.45, 7) is 2.41. The van der Waals surface area contributed by atoms with Crippen LogP contribution in [-0.4, -0.2) is 30.6 Å². The smallest absolute Gasteiger partial charge is 0.220 e. The quantitative estimate of drug-likeness (QED) is 0.740. The van der Waals surface area contributed by atoms with Gasteiger partial charge in [0.15, 0.2) is 0 Å². The topological polar surface area (TPSA) is 61.4 Å². The van der Waals surface area contributed by atoms with Crippen molar-refractivity contribution in [1.82, 2.24) is 10.6 Å². The predicted octanol–water partition coefficient (Wildman–Crippen LogP) is 1.62. The van der Waals surface area contributed by atoms with E-state index in [0.717, 1.165) is 25.1 Å². The second kappa shape index (κ2) is 8.02. The molecule has 0 bridgehead atoms. The highest BCUT2D eigenvalue weighted by Crippen LogP contribution is 2.16. The van der Waals surface area contributed by atoms with E-state index in [1.54, 1.807) is 0 Å². The fourth-order valence-electron chi connectivity index (χ4n) is 2.60. The summed E-state index contributed by atoms with van der Waals surface area (Å²) < 4.78 is 0. The van der Waals surface area contributed by atoms with Crippen LogP contribution in [0, 0.1) is 5.92 Å². The van der Waals surface area contributed by atoms with Crippen molar-refractivity contribution in [2.75, 3.05) is 19.6 Å². The predicted molar refractivity (Wildman–Crippen MR) is 79.2 cm³/mol. The first kappa shape index (κ1) is 15.0. The van der Waals surface area contributed by atoms with Gasteiger partial charge in [0.25, 0.3) is 0 Å². The number of hydrogen-bond acceptors (Lipinski definition) is 3. The van der Waals surface area contributed by atoms with Crippen LogP contribution >= 0.6 is 0 Å². The van der Waals surface area contributed by atoms with Crippen molar-refractivity contribution in [2.45, 2.75) is 31.8 Å². The highest BCUT2D eigenvalue weighted by Gasteiger charge is 2.15. The molecule has 1 aromatic carbocycles. The lowest BCUT2D eigenvalue weighted by Gasteiger charge is -2.22. The van der Waals surface area contributed by atoms with Crippen molar-refractivity contribution in [3.05, 3.63) is 35.9 Å². The first-order valence-electron chi connectivity index (χ1n) is 7.46. The molecule has 4 nitrogen and oxygen atoms in total. The summed E-state index contributed by atoms with van der Waals surface area (Å²) in [6.07, 6.45) is 3.27. The zero-order chi connectivity index (χ0) is 14.2. The molecule has 1 aliphatic heterocycles. The minimum absolute atomic E-state index is 0.0329. The molecule has 1 aromatic rings. The number of aliphatic hydroxyl groups is 1. The lowest BCUT2D eigenvalue weighted by Crippen LogP contribution is -2.32. The van der Waals surface area contributed by atoms with E-state index in [-0.39, 0.29) is 12.5 Å². The summed E-state index contributed by atoms with van der Waals surface area (Å²) in [7, 11) is 0.